The van der Waals surface area contributed by atoms with Crippen molar-refractivity contribution in [1.82, 2.24) is 4.90 Å². The number of ether oxygens (including phenoxy) is 1. The van der Waals surface area contributed by atoms with Crippen molar-refractivity contribution in [3.05, 3.63) is 83.9 Å². The van der Waals surface area contributed by atoms with Gasteiger partial charge in [-0.25, -0.2) is 0 Å². The molecule has 0 aromatic heterocycles. The molecule has 0 spiro atoms. The second-order valence-electron chi connectivity index (χ2n) is 8.39. The van der Waals surface area contributed by atoms with E-state index in [4.69, 9.17) is 4.74 Å². The molecule has 1 saturated heterocycles. The Morgan fingerprint density at radius 3 is 2.50 bits per heavy atom. The van der Waals surface area contributed by atoms with Crippen molar-refractivity contribution in [1.29, 1.82) is 0 Å². The largest absolute Gasteiger partial charge is 0.493 e. The molecule has 1 fully saturated rings. The predicted octanol–water partition coefficient (Wildman–Crippen LogP) is 5.38. The lowest BCUT2D eigenvalue weighted by molar-refractivity contribution is 0.0548. The average molecular weight is 427 g/mol. The van der Waals surface area contributed by atoms with Crippen LogP contribution in [0.15, 0.2) is 72.8 Å². The van der Waals surface area contributed by atoms with Gasteiger partial charge in [0.25, 0.3) is 11.8 Å². The number of carbonyl (C=O) groups is 2. The molecule has 1 N–H and O–H groups in total. The van der Waals surface area contributed by atoms with Crippen molar-refractivity contribution < 1.29 is 14.3 Å². The smallest absolute Gasteiger partial charge is 0.257 e. The molecule has 2 amide bonds. The van der Waals surface area contributed by atoms with Gasteiger partial charge in [0.2, 0.25) is 0 Å². The van der Waals surface area contributed by atoms with Gasteiger partial charge in [0.05, 0.1) is 12.2 Å². The first-order valence-electron chi connectivity index (χ1n) is 11.2. The third-order valence-electron chi connectivity index (χ3n) is 6.32. The third-order valence-corrected chi connectivity index (χ3v) is 6.32. The van der Waals surface area contributed by atoms with Crippen molar-refractivity contribution in [2.24, 2.45) is 0 Å². The number of rotatable bonds is 3. The summed E-state index contributed by atoms with van der Waals surface area (Å²) in [6.45, 7) is 1.38. The lowest BCUT2D eigenvalue weighted by Crippen LogP contribution is -2.45. The van der Waals surface area contributed by atoms with Crippen molar-refractivity contribution >= 4 is 17.5 Å². The molecule has 162 valence electrons. The summed E-state index contributed by atoms with van der Waals surface area (Å²) in [6.07, 6.45) is 4.08. The minimum atomic E-state index is -0.209. The van der Waals surface area contributed by atoms with Crippen molar-refractivity contribution in [2.45, 2.75) is 31.7 Å². The number of fused-ring (bicyclic) bond motifs is 2. The fraction of sp³-hybridized carbons (Fsp3) is 0.259. The highest BCUT2D eigenvalue weighted by Gasteiger charge is 2.31. The molecule has 5 heteroatoms. The van der Waals surface area contributed by atoms with Crippen LogP contribution in [0, 0.1) is 0 Å². The van der Waals surface area contributed by atoms with E-state index in [1.165, 1.54) is 0 Å². The van der Waals surface area contributed by atoms with Gasteiger partial charge in [-0.2, -0.15) is 0 Å². The van der Waals surface area contributed by atoms with Gasteiger partial charge >= 0.3 is 0 Å². The molecule has 0 saturated carbocycles. The van der Waals surface area contributed by atoms with Crippen molar-refractivity contribution in [3.63, 3.8) is 0 Å². The van der Waals surface area contributed by atoms with Crippen LogP contribution in [0.1, 0.15) is 46.4 Å². The summed E-state index contributed by atoms with van der Waals surface area (Å²) in [5.74, 6) is 0.372. The molecular formula is C27H26N2O3. The summed E-state index contributed by atoms with van der Waals surface area (Å²) >= 11 is 0. The molecule has 32 heavy (non-hydrogen) atoms. The molecule has 3 aromatic carbocycles. The van der Waals surface area contributed by atoms with E-state index in [1.54, 1.807) is 18.2 Å². The Hall–Kier alpha value is -3.60. The van der Waals surface area contributed by atoms with Crippen LogP contribution < -0.4 is 10.1 Å². The van der Waals surface area contributed by atoms with Crippen LogP contribution in [0.2, 0.25) is 0 Å². The molecule has 0 bridgehead atoms. The highest BCUT2D eigenvalue weighted by molar-refractivity contribution is 6.06. The van der Waals surface area contributed by atoms with Gasteiger partial charge < -0.3 is 15.0 Å². The predicted molar refractivity (Wildman–Crippen MR) is 125 cm³/mol. The topological polar surface area (TPSA) is 58.6 Å². The monoisotopic (exact) mass is 426 g/mol. The summed E-state index contributed by atoms with van der Waals surface area (Å²) in [4.78, 5) is 28.0. The van der Waals surface area contributed by atoms with E-state index < -0.39 is 0 Å². The molecule has 1 unspecified atom stereocenters. The Morgan fingerprint density at radius 1 is 0.906 bits per heavy atom. The van der Waals surface area contributed by atoms with Crippen LogP contribution in [0.3, 0.4) is 0 Å². The summed E-state index contributed by atoms with van der Waals surface area (Å²) in [7, 11) is 0. The quantitative estimate of drug-likeness (QED) is 0.611. The summed E-state index contributed by atoms with van der Waals surface area (Å²) in [6, 6.07) is 23.1. The first-order chi connectivity index (χ1) is 15.7. The minimum absolute atomic E-state index is 0.00675. The maximum Gasteiger partial charge on any atom is 0.257 e. The molecular weight excluding hydrogens is 400 g/mol. The fourth-order valence-corrected chi connectivity index (χ4v) is 4.58. The number of piperidine rings is 1. The van der Waals surface area contributed by atoms with E-state index in [0.29, 0.717) is 29.2 Å². The van der Waals surface area contributed by atoms with E-state index in [9.17, 15) is 9.59 Å². The number of nitrogens with zero attached hydrogens (tertiary/aromatic N) is 1. The molecule has 1 atom stereocenters. The Bertz CT molecular complexity index is 1130. The number of hydrogen-bond acceptors (Lipinski definition) is 3. The molecule has 0 aliphatic carbocycles. The van der Waals surface area contributed by atoms with Crippen LogP contribution in [0.25, 0.3) is 11.1 Å². The molecule has 0 radical (unpaired) electrons. The van der Waals surface area contributed by atoms with Gasteiger partial charge in [-0.1, -0.05) is 42.5 Å². The Labute approximate surface area is 188 Å². The normalized spacial score (nSPS) is 17.9. The van der Waals surface area contributed by atoms with Crippen LogP contribution in [0.4, 0.5) is 5.69 Å². The van der Waals surface area contributed by atoms with Crippen LogP contribution in [0.5, 0.6) is 5.75 Å². The van der Waals surface area contributed by atoms with Gasteiger partial charge in [0, 0.05) is 30.3 Å². The average Bonchev–Trinajstić information content (AvgIpc) is 2.84. The highest BCUT2D eigenvalue weighted by atomic mass is 16.5. The van der Waals surface area contributed by atoms with E-state index in [-0.39, 0.29) is 17.9 Å². The zero-order chi connectivity index (χ0) is 21.9. The summed E-state index contributed by atoms with van der Waals surface area (Å²) in [5.41, 5.74) is 3.84. The Morgan fingerprint density at radius 2 is 1.69 bits per heavy atom. The third kappa shape index (κ3) is 4.11. The lowest BCUT2D eigenvalue weighted by atomic mass is 9.97. The first kappa shape index (κ1) is 20.3. The second-order valence-corrected chi connectivity index (χ2v) is 8.39. The zero-order valence-corrected chi connectivity index (χ0v) is 17.9. The number of benzene rings is 3. The van der Waals surface area contributed by atoms with E-state index >= 15 is 0 Å². The van der Waals surface area contributed by atoms with Crippen molar-refractivity contribution in [2.75, 3.05) is 18.5 Å². The number of amides is 2. The summed E-state index contributed by atoms with van der Waals surface area (Å²) < 4.78 is 5.89. The molecule has 2 aliphatic rings. The fourth-order valence-electron chi connectivity index (χ4n) is 4.58. The van der Waals surface area contributed by atoms with E-state index in [0.717, 1.165) is 43.4 Å². The maximum atomic E-state index is 13.2. The lowest BCUT2D eigenvalue weighted by Gasteiger charge is -2.37. The van der Waals surface area contributed by atoms with Gasteiger partial charge in [-0.3, -0.25) is 9.59 Å². The molecule has 2 aliphatic heterocycles. The van der Waals surface area contributed by atoms with Crippen LogP contribution in [-0.4, -0.2) is 35.9 Å². The summed E-state index contributed by atoms with van der Waals surface area (Å²) in [5, 5.41) is 2.93. The van der Waals surface area contributed by atoms with E-state index in [1.807, 2.05) is 59.5 Å². The zero-order valence-electron chi connectivity index (χ0n) is 17.9. The number of nitrogens with one attached hydrogen (secondary N) is 1. The maximum absolute atomic E-state index is 13.2. The number of hydrogen-bond donors (Lipinski definition) is 1. The SMILES string of the molecule is O=C(Nc1ccc2c(c1)C(=O)N1CCCCC1CCO2)c1ccc(-c2ccccc2)cc1. The second kappa shape index (κ2) is 8.87. The standard InChI is InChI=1S/C27H26N2O3/c30-26(21-11-9-20(10-12-21)19-6-2-1-3-7-19)28-22-13-14-25-24(18-22)27(31)29-16-5-4-8-23(29)15-17-32-25/h1-3,6-7,9-14,18,23H,4-5,8,15-17H2,(H,28,30). The van der Waals surface area contributed by atoms with Gasteiger partial charge in [-0.05, 0) is 60.7 Å². The molecule has 5 nitrogen and oxygen atoms in total. The first-order valence-corrected chi connectivity index (χ1v) is 11.2. The van der Waals surface area contributed by atoms with Crippen LogP contribution in [-0.2, 0) is 0 Å². The highest BCUT2D eigenvalue weighted by Crippen LogP contribution is 2.31. The van der Waals surface area contributed by atoms with Gasteiger partial charge in [-0.15, -0.1) is 0 Å². The van der Waals surface area contributed by atoms with Gasteiger partial charge in [0.15, 0.2) is 0 Å². The Balaban J connectivity index is 1.35. The van der Waals surface area contributed by atoms with E-state index in [2.05, 4.69) is 5.32 Å². The van der Waals surface area contributed by atoms with Gasteiger partial charge in [0.1, 0.15) is 5.75 Å². The molecule has 3 aromatic rings. The van der Waals surface area contributed by atoms with Crippen molar-refractivity contribution in [3.8, 4) is 16.9 Å². The minimum Gasteiger partial charge on any atom is -0.493 e. The Kier molecular flexibility index (Phi) is 5.63. The number of carbonyl (C=O) groups excluding carboxylic acids is 2. The molecule has 5 rings (SSSR count). The van der Waals surface area contributed by atoms with Crippen LogP contribution >= 0.6 is 0 Å². The molecule has 2 heterocycles. The number of anilines is 1.